The van der Waals surface area contributed by atoms with E-state index >= 15 is 0 Å². The fourth-order valence-corrected chi connectivity index (χ4v) is 5.63. The molecule has 0 heterocycles. The summed E-state index contributed by atoms with van der Waals surface area (Å²) in [4.78, 5) is 12.8. The molecule has 0 amide bonds. The quantitative estimate of drug-likeness (QED) is 0.154. The predicted octanol–water partition coefficient (Wildman–Crippen LogP) is 9.78. The van der Waals surface area contributed by atoms with Gasteiger partial charge >= 0.3 is 6.18 Å². The van der Waals surface area contributed by atoms with Crippen molar-refractivity contribution >= 4 is 21.5 Å². The molecule has 1 N–H and O–H groups in total. The molecule has 0 saturated heterocycles. The largest absolute Gasteiger partial charge is 0.486 e. The number of ether oxygens (including phenoxy) is 2. The third kappa shape index (κ3) is 8.28. The van der Waals surface area contributed by atoms with Crippen LogP contribution in [0.25, 0.3) is 0 Å². The Morgan fingerprint density at radius 3 is 1.89 bits per heavy atom. The molecule has 0 aromatic heterocycles. The van der Waals surface area contributed by atoms with Crippen LogP contribution in [0.15, 0.2) is 95.9 Å². The fourth-order valence-electron chi connectivity index (χ4n) is 4.44. The van der Waals surface area contributed by atoms with E-state index in [1.807, 2.05) is 31.2 Å². The van der Waals surface area contributed by atoms with Crippen LogP contribution in [-0.2, 0) is 21.6 Å². The van der Waals surface area contributed by atoms with Crippen LogP contribution in [0.1, 0.15) is 81.4 Å². The number of hydrogen-bond donors (Lipinski definition) is 1. The number of nitrogens with one attached hydrogen (secondary N) is 1. The number of anilines is 1. The average molecular weight is 654 g/mol. The van der Waals surface area contributed by atoms with Crippen LogP contribution in [0.4, 0.5) is 18.9 Å². The van der Waals surface area contributed by atoms with Gasteiger partial charge in [0.2, 0.25) is 0 Å². The van der Waals surface area contributed by atoms with Gasteiger partial charge in [0.1, 0.15) is 27.7 Å². The first-order chi connectivity index (χ1) is 21.4. The van der Waals surface area contributed by atoms with Crippen LogP contribution >= 0.6 is 0 Å². The van der Waals surface area contributed by atoms with E-state index in [2.05, 4.69) is 25.5 Å². The van der Waals surface area contributed by atoms with E-state index in [0.29, 0.717) is 23.3 Å². The maximum absolute atomic E-state index is 13.5. The molecule has 0 unspecified atom stereocenters. The van der Waals surface area contributed by atoms with Gasteiger partial charge in [0, 0.05) is 22.9 Å². The van der Waals surface area contributed by atoms with Crippen molar-refractivity contribution in [2.75, 3.05) is 4.72 Å². The number of carbonyl (C=O) groups is 1. The summed E-state index contributed by atoms with van der Waals surface area (Å²) in [5.41, 5.74) is 0.171. The summed E-state index contributed by atoms with van der Waals surface area (Å²) >= 11 is 0. The fraction of sp³-hybridized carbons (Fsp3) is 0.306. The van der Waals surface area contributed by atoms with Gasteiger partial charge in [-0.25, -0.2) is 8.42 Å². The number of alkyl halides is 3. The minimum absolute atomic E-state index is 0.00451. The van der Waals surface area contributed by atoms with E-state index < -0.39 is 27.4 Å². The summed E-state index contributed by atoms with van der Waals surface area (Å²) in [6, 6.07) is 22.2. The van der Waals surface area contributed by atoms with Crippen molar-refractivity contribution in [2.24, 2.45) is 0 Å². The molecule has 0 aliphatic carbocycles. The molecule has 46 heavy (non-hydrogen) atoms. The zero-order valence-electron chi connectivity index (χ0n) is 26.7. The second kappa shape index (κ2) is 13.2. The number of rotatable bonds is 12. The molecule has 244 valence electrons. The molecule has 0 fully saturated rings. The van der Waals surface area contributed by atoms with Crippen molar-refractivity contribution in [3.63, 3.8) is 0 Å². The molecule has 0 bridgehead atoms. The molecule has 0 saturated carbocycles. The van der Waals surface area contributed by atoms with Gasteiger partial charge in [-0.15, -0.1) is 0 Å². The van der Waals surface area contributed by atoms with Crippen LogP contribution in [0.3, 0.4) is 0 Å². The van der Waals surface area contributed by atoms with Crippen LogP contribution in [0.2, 0.25) is 0 Å². The minimum Gasteiger partial charge on any atom is -0.486 e. The van der Waals surface area contributed by atoms with Crippen molar-refractivity contribution < 1.29 is 35.9 Å². The van der Waals surface area contributed by atoms with E-state index in [1.165, 1.54) is 24.3 Å². The first kappa shape index (κ1) is 34.6. The molecule has 10 heteroatoms. The maximum Gasteiger partial charge on any atom is 0.416 e. The molecule has 0 aliphatic heterocycles. The Bertz CT molecular complexity index is 1800. The van der Waals surface area contributed by atoms with E-state index in [0.717, 1.165) is 30.2 Å². The van der Waals surface area contributed by atoms with Crippen molar-refractivity contribution in [3.8, 4) is 17.2 Å². The highest BCUT2D eigenvalue weighted by atomic mass is 32.2. The van der Waals surface area contributed by atoms with Gasteiger partial charge in [-0.05, 0) is 92.3 Å². The maximum atomic E-state index is 13.5. The average Bonchev–Trinajstić information content (AvgIpc) is 3.01. The summed E-state index contributed by atoms with van der Waals surface area (Å²) in [5.74, 6) is 0.335. The van der Waals surface area contributed by atoms with E-state index in [9.17, 15) is 26.4 Å². The van der Waals surface area contributed by atoms with Gasteiger partial charge in [-0.3, -0.25) is 9.52 Å². The van der Waals surface area contributed by atoms with Crippen LogP contribution < -0.4 is 14.2 Å². The van der Waals surface area contributed by atoms with Gasteiger partial charge < -0.3 is 9.47 Å². The molecule has 4 aromatic rings. The SMILES string of the molecule is CCC(C)(C)Oc1ccc(Oc2ccc(C(=O)c3ccc(C(C)(C)CC)cc3)cc2)cc1S(=O)(=O)Nc1cccc(C(F)(F)F)c1. The molecule has 4 aromatic carbocycles. The van der Waals surface area contributed by atoms with Gasteiger partial charge in [-0.2, -0.15) is 13.2 Å². The Morgan fingerprint density at radius 2 is 1.33 bits per heavy atom. The Kier molecular flexibility index (Phi) is 9.92. The normalized spacial score (nSPS) is 12.5. The Hall–Kier alpha value is -4.31. The highest BCUT2D eigenvalue weighted by Gasteiger charge is 2.31. The summed E-state index contributed by atoms with van der Waals surface area (Å²) in [6.07, 6.45) is -3.13. The van der Waals surface area contributed by atoms with E-state index in [1.54, 1.807) is 38.1 Å². The summed E-state index contributed by atoms with van der Waals surface area (Å²) < 4.78 is 81.1. The van der Waals surface area contributed by atoms with Crippen LogP contribution in [0, 0.1) is 0 Å². The van der Waals surface area contributed by atoms with Crippen molar-refractivity contribution in [1.29, 1.82) is 0 Å². The van der Waals surface area contributed by atoms with Gasteiger partial charge in [0.25, 0.3) is 10.0 Å². The highest BCUT2D eigenvalue weighted by Crippen LogP contribution is 2.36. The molecule has 0 spiro atoms. The first-order valence-corrected chi connectivity index (χ1v) is 16.4. The summed E-state index contributed by atoms with van der Waals surface area (Å²) in [6.45, 7) is 11.9. The number of ketones is 1. The second-order valence-corrected chi connectivity index (χ2v) is 13.9. The third-order valence-electron chi connectivity index (χ3n) is 8.05. The zero-order valence-corrected chi connectivity index (χ0v) is 27.5. The standard InChI is InChI=1S/C36H38F3NO5S/c1-7-34(3,4)26-16-12-24(13-17-26)33(41)25-14-18-29(19-15-25)44-30-20-21-31(45-35(5,6)8-2)32(23-30)46(42,43)40-28-11-9-10-27(22-28)36(37,38)39/h9-23,40H,7-8H2,1-6H3. The lowest BCUT2D eigenvalue weighted by Gasteiger charge is -2.26. The predicted molar refractivity (Wildman–Crippen MR) is 173 cm³/mol. The molecule has 4 rings (SSSR count). The molecule has 6 nitrogen and oxygen atoms in total. The molecular formula is C36H38F3NO5S. The van der Waals surface area contributed by atoms with Crippen molar-refractivity contribution in [2.45, 2.75) is 76.5 Å². The number of hydrogen-bond acceptors (Lipinski definition) is 5. The number of carbonyl (C=O) groups excluding carboxylic acids is 1. The smallest absolute Gasteiger partial charge is 0.416 e. The van der Waals surface area contributed by atoms with Crippen LogP contribution in [0.5, 0.6) is 17.2 Å². The minimum atomic E-state index is -4.65. The molecular weight excluding hydrogens is 615 g/mol. The molecule has 0 atom stereocenters. The van der Waals surface area contributed by atoms with Gasteiger partial charge in [-0.1, -0.05) is 58.0 Å². The Morgan fingerprint density at radius 1 is 0.739 bits per heavy atom. The zero-order chi connectivity index (χ0) is 33.9. The summed E-state index contributed by atoms with van der Waals surface area (Å²) in [7, 11) is -4.43. The van der Waals surface area contributed by atoms with Gasteiger partial charge in [0.05, 0.1) is 5.56 Å². The Balaban J connectivity index is 1.60. The Labute approximate surface area is 268 Å². The number of sulfonamides is 1. The highest BCUT2D eigenvalue weighted by molar-refractivity contribution is 7.92. The first-order valence-electron chi connectivity index (χ1n) is 14.9. The summed E-state index contributed by atoms with van der Waals surface area (Å²) in [5, 5.41) is 0. The lowest BCUT2D eigenvalue weighted by atomic mass is 9.82. The number of halogens is 3. The van der Waals surface area contributed by atoms with Crippen molar-refractivity contribution in [1.82, 2.24) is 0 Å². The lowest BCUT2D eigenvalue weighted by molar-refractivity contribution is -0.137. The molecule has 0 radical (unpaired) electrons. The monoisotopic (exact) mass is 653 g/mol. The van der Waals surface area contributed by atoms with Crippen molar-refractivity contribution in [3.05, 3.63) is 113 Å². The topological polar surface area (TPSA) is 81.7 Å². The second-order valence-electron chi connectivity index (χ2n) is 12.3. The third-order valence-corrected chi connectivity index (χ3v) is 9.45. The van der Waals surface area contributed by atoms with Crippen LogP contribution in [-0.4, -0.2) is 19.8 Å². The number of benzene rings is 4. The van der Waals surface area contributed by atoms with E-state index in [-0.39, 0.29) is 33.3 Å². The molecule has 0 aliphatic rings. The van der Waals surface area contributed by atoms with E-state index in [4.69, 9.17) is 9.47 Å². The lowest BCUT2D eigenvalue weighted by Crippen LogP contribution is -2.28. The van der Waals surface area contributed by atoms with Gasteiger partial charge in [0.15, 0.2) is 5.78 Å².